The average molecular weight is 1030 g/mol. The Bertz CT molecular complexity index is 2280. The molecule has 0 fully saturated rings. The van der Waals surface area contributed by atoms with Crippen LogP contribution in [0.15, 0.2) is 91.4 Å². The molecule has 0 atom stereocenters. The lowest BCUT2D eigenvalue weighted by Gasteiger charge is -2.38. The van der Waals surface area contributed by atoms with E-state index in [1.807, 2.05) is 54.6 Å². The summed E-state index contributed by atoms with van der Waals surface area (Å²) in [6.45, 7) is 24.9. The molecule has 5 aromatic rings. The molecule has 65 heavy (non-hydrogen) atoms. The van der Waals surface area contributed by atoms with Gasteiger partial charge in [0.05, 0.1) is 30.8 Å². The second-order valence-electron chi connectivity index (χ2n) is 17.6. The molecule has 0 aliphatic heterocycles. The molecule has 2 aromatic carbocycles. The number of carbonyl (C=O) groups is 2. The van der Waals surface area contributed by atoms with Gasteiger partial charge < -0.3 is 14.5 Å². The third kappa shape index (κ3) is 19.6. The van der Waals surface area contributed by atoms with E-state index in [0.717, 1.165) is 40.8 Å². The Morgan fingerprint density at radius 2 is 1.00 bits per heavy atom. The lowest BCUT2D eigenvalue weighted by Crippen LogP contribution is -2.35. The predicted molar refractivity (Wildman–Crippen MR) is 247 cm³/mol. The van der Waals surface area contributed by atoms with Crippen molar-refractivity contribution < 1.29 is 51.4 Å². The van der Waals surface area contributed by atoms with E-state index in [2.05, 4.69) is 121 Å². The summed E-state index contributed by atoms with van der Waals surface area (Å²) < 4.78 is 49.9. The molecule has 17 heteroatoms. The highest BCUT2D eigenvalue weighted by molar-refractivity contribution is 9.25. The minimum Gasteiger partial charge on any atom is -0.493 e. The number of rotatable bonds is 11. The quantitative estimate of drug-likeness (QED) is 0.0984. The van der Waals surface area contributed by atoms with Gasteiger partial charge in [0.15, 0.2) is 12.1 Å². The normalized spacial score (nSPS) is 11.3. The fraction of sp³-hybridized carbons (Fsp3) is 0.396. The number of imidazole rings is 1. The Labute approximate surface area is 394 Å². The van der Waals surface area contributed by atoms with Crippen molar-refractivity contribution in [3.63, 3.8) is 0 Å². The van der Waals surface area contributed by atoms with Gasteiger partial charge in [0.2, 0.25) is 0 Å². The number of hydrogen-bond acceptors (Lipinski definition) is 11. The first kappa shape index (κ1) is 57.4. The maximum atomic E-state index is 12.7. The summed E-state index contributed by atoms with van der Waals surface area (Å²) in [6, 6.07) is 22.6. The average Bonchev–Trinajstić information content (AvgIpc) is 3.75. The zero-order valence-corrected chi connectivity index (χ0v) is 41.4. The van der Waals surface area contributed by atoms with Crippen LogP contribution in [0.1, 0.15) is 92.2 Å². The highest BCUT2D eigenvalue weighted by atomic mass is 79.9. The third-order valence-corrected chi connectivity index (χ3v) is 12.0. The van der Waals surface area contributed by atoms with E-state index >= 15 is 0 Å². The Hall–Kier alpha value is -5.60. The van der Waals surface area contributed by atoms with Crippen molar-refractivity contribution in [2.75, 3.05) is 13.2 Å². The Balaban J connectivity index is 0.000000531. The molecule has 0 amide bonds. The van der Waals surface area contributed by atoms with Crippen LogP contribution < -0.4 is 9.47 Å². The summed E-state index contributed by atoms with van der Waals surface area (Å²) in [6.07, 6.45) is 0.710. The number of carbonyl (C=O) groups excluding carboxylic acids is 6. The van der Waals surface area contributed by atoms with Crippen molar-refractivity contribution in [3.05, 3.63) is 103 Å². The standard InChI is InChI=1S/C23H26F3N3O.C20H25NO2.C3H4Br2O.2CO2/c1-21(2,3)22(4,5)14-30-17-9-6-15(7-10-17)18-11-8-16(12-27-18)20-28-13-19(29-20)23(24,25)26;1-19(2,3)20(4,5)14-23-17-9-7-16(8-10-17)18-11-6-15(13-22)12-21-18;1-2(6)3(4)5;2*2-1-3/h6-13H,14H2,1-5H3,(H,28,29);6-13H,14H2,1-5H3;3H,1H3;;. The monoisotopic (exact) mass is 1030 g/mol. The SMILES string of the molecule is CC(=O)C(Br)Br.CC(C)(C)C(C)(C)COc1ccc(-c2ccc(-c3ncc(C(F)(F)F)[nH]3)cn2)cc1.CC(C)(C)C(C)(C)COc1ccc(-c2ccc(C=O)cn2)cc1.O=C=O.O=C=O. The maximum Gasteiger partial charge on any atom is 0.432 e. The fourth-order valence-electron chi connectivity index (χ4n) is 4.37. The van der Waals surface area contributed by atoms with Crippen molar-refractivity contribution in [2.24, 2.45) is 21.7 Å². The van der Waals surface area contributed by atoms with Crippen molar-refractivity contribution in [1.29, 1.82) is 0 Å². The topological polar surface area (TPSA) is 175 Å². The van der Waals surface area contributed by atoms with E-state index in [1.165, 1.54) is 13.1 Å². The van der Waals surface area contributed by atoms with Crippen LogP contribution in [0.25, 0.3) is 33.9 Å². The van der Waals surface area contributed by atoms with Crippen molar-refractivity contribution >= 4 is 56.2 Å². The fourth-order valence-corrected chi connectivity index (χ4v) is 4.37. The molecule has 0 aliphatic carbocycles. The van der Waals surface area contributed by atoms with Crippen molar-refractivity contribution in [1.82, 2.24) is 19.9 Å². The minimum absolute atomic E-state index is 0.0148. The molecular weight excluding hydrogens is 977 g/mol. The smallest absolute Gasteiger partial charge is 0.432 e. The molecule has 5 rings (SSSR count). The molecular formula is C48H55Br2F3N4O8. The van der Waals surface area contributed by atoms with E-state index in [4.69, 9.17) is 28.7 Å². The first-order valence-corrected chi connectivity index (χ1v) is 21.6. The van der Waals surface area contributed by atoms with E-state index in [9.17, 15) is 22.8 Å². The van der Waals surface area contributed by atoms with Gasteiger partial charge in [-0.25, -0.2) is 4.98 Å². The highest BCUT2D eigenvalue weighted by Crippen LogP contribution is 2.39. The second kappa shape index (κ2) is 25.8. The molecule has 12 nitrogen and oxygen atoms in total. The number of pyridine rings is 2. The summed E-state index contributed by atoms with van der Waals surface area (Å²) in [5, 5.41) is 0. The van der Waals surface area contributed by atoms with Gasteiger partial charge in [-0.2, -0.15) is 32.3 Å². The van der Waals surface area contributed by atoms with Gasteiger partial charge in [0, 0.05) is 45.5 Å². The van der Waals surface area contributed by atoms with Crippen molar-refractivity contribution in [3.8, 4) is 45.4 Å². The van der Waals surface area contributed by atoms with E-state index in [-0.39, 0.29) is 49.3 Å². The molecule has 3 aromatic heterocycles. The van der Waals surface area contributed by atoms with E-state index in [1.54, 1.807) is 24.4 Å². The minimum atomic E-state index is -4.45. The van der Waals surface area contributed by atoms with Crippen LogP contribution in [0.4, 0.5) is 13.2 Å². The van der Waals surface area contributed by atoms with Crippen LogP contribution in [0.2, 0.25) is 0 Å². The molecule has 3 heterocycles. The molecule has 0 aliphatic rings. The van der Waals surface area contributed by atoms with E-state index in [0.29, 0.717) is 30.0 Å². The second-order valence-corrected chi connectivity index (χ2v) is 20.7. The zero-order valence-electron chi connectivity index (χ0n) is 38.2. The number of alkyl halides is 5. The largest absolute Gasteiger partial charge is 0.493 e. The number of ether oxygens (including phenoxy) is 2. The van der Waals surface area contributed by atoms with Crippen LogP contribution in [-0.4, -0.2) is 61.3 Å². The summed E-state index contributed by atoms with van der Waals surface area (Å²) in [5.74, 6) is 1.86. The summed E-state index contributed by atoms with van der Waals surface area (Å²) >= 11 is 6.01. The van der Waals surface area contributed by atoms with E-state index < -0.39 is 11.9 Å². The molecule has 0 saturated carbocycles. The number of hydrogen-bond donors (Lipinski definition) is 1. The summed E-state index contributed by atoms with van der Waals surface area (Å²) in [4.78, 5) is 67.9. The third-order valence-electron chi connectivity index (χ3n) is 10.7. The van der Waals surface area contributed by atoms with Gasteiger partial charge in [-0.05, 0) is 90.6 Å². The van der Waals surface area contributed by atoms with Gasteiger partial charge in [0.1, 0.15) is 26.8 Å². The molecule has 350 valence electrons. The number of aldehydes is 1. The van der Waals surface area contributed by atoms with Crippen LogP contribution in [0.3, 0.4) is 0 Å². The predicted octanol–water partition coefficient (Wildman–Crippen LogP) is 12.1. The lowest BCUT2D eigenvalue weighted by molar-refractivity contribution is -0.193. The Morgan fingerprint density at radius 3 is 1.28 bits per heavy atom. The number of nitrogens with zero attached hydrogens (tertiary/aromatic N) is 3. The van der Waals surface area contributed by atoms with Gasteiger partial charge >= 0.3 is 18.5 Å². The lowest BCUT2D eigenvalue weighted by atomic mass is 9.70. The number of Topliss-reactive ketones (excluding diaryl/α,β-unsaturated/α-hetero) is 1. The van der Waals surface area contributed by atoms with Crippen LogP contribution in [0.5, 0.6) is 11.5 Å². The molecule has 0 radical (unpaired) electrons. The van der Waals surface area contributed by atoms with Gasteiger partial charge in [0.25, 0.3) is 0 Å². The first-order valence-electron chi connectivity index (χ1n) is 19.8. The Morgan fingerprint density at radius 1 is 0.631 bits per heavy atom. The number of halogens is 5. The molecule has 0 spiro atoms. The van der Waals surface area contributed by atoms with Crippen LogP contribution >= 0.6 is 31.9 Å². The Kier molecular flexibility index (Phi) is 22.8. The number of aromatic amines is 1. The number of benzene rings is 2. The number of H-pyrrole nitrogens is 1. The first-order chi connectivity index (χ1) is 30.1. The number of aromatic nitrogens is 4. The highest BCUT2D eigenvalue weighted by Gasteiger charge is 2.35. The molecule has 0 saturated heterocycles. The van der Waals surface area contributed by atoms with Gasteiger partial charge in [-0.3, -0.25) is 19.6 Å². The molecule has 0 unspecified atom stereocenters. The molecule has 0 bridgehead atoms. The van der Waals surface area contributed by atoms with Crippen LogP contribution in [0, 0.1) is 21.7 Å². The number of ketones is 1. The number of nitrogens with one attached hydrogen (secondary N) is 1. The molecule has 1 N–H and O–H groups in total. The summed E-state index contributed by atoms with van der Waals surface area (Å²) in [7, 11) is 0. The zero-order chi connectivity index (χ0) is 49.8. The van der Waals surface area contributed by atoms with Crippen molar-refractivity contribution in [2.45, 2.75) is 86.1 Å². The maximum absolute atomic E-state index is 12.7. The van der Waals surface area contributed by atoms with Gasteiger partial charge in [-0.15, -0.1) is 0 Å². The van der Waals surface area contributed by atoms with Gasteiger partial charge in [-0.1, -0.05) is 101 Å². The summed E-state index contributed by atoms with van der Waals surface area (Å²) in [5.41, 5.74) is 4.02. The van der Waals surface area contributed by atoms with Crippen LogP contribution in [-0.2, 0) is 30.1 Å².